The van der Waals surface area contributed by atoms with Gasteiger partial charge in [0.1, 0.15) is 5.75 Å². The maximum atomic E-state index is 11.9. The van der Waals surface area contributed by atoms with Crippen LogP contribution in [-0.2, 0) is 4.79 Å². The van der Waals surface area contributed by atoms with Crippen molar-refractivity contribution in [1.82, 2.24) is 5.43 Å². The summed E-state index contributed by atoms with van der Waals surface area (Å²) in [6, 6.07) is 7.26. The second-order valence-electron chi connectivity index (χ2n) is 5.70. The van der Waals surface area contributed by atoms with Crippen molar-refractivity contribution in [2.24, 2.45) is 5.10 Å². The monoisotopic (exact) mass is 498 g/mol. The zero-order chi connectivity index (χ0) is 20.0. The molecule has 2 N–H and O–H groups in total. The van der Waals surface area contributed by atoms with Crippen LogP contribution in [0.3, 0.4) is 0 Å². The van der Waals surface area contributed by atoms with E-state index >= 15 is 0 Å². The number of benzene rings is 2. The molecule has 0 atom stereocenters. The molecule has 0 aliphatic carbocycles. The maximum Gasteiger partial charge on any atom is 0.277 e. The second kappa shape index (κ2) is 9.75. The molecule has 8 heteroatoms. The van der Waals surface area contributed by atoms with Gasteiger partial charge in [-0.25, -0.2) is 5.43 Å². The van der Waals surface area contributed by atoms with Crippen LogP contribution in [0.25, 0.3) is 0 Å². The number of phenols is 1. The van der Waals surface area contributed by atoms with Crippen LogP contribution in [0, 0.1) is 13.8 Å². The first kappa shape index (κ1) is 21.2. The molecule has 6 nitrogen and oxygen atoms in total. The highest BCUT2D eigenvalue weighted by molar-refractivity contribution is 9.13. The topological polar surface area (TPSA) is 80.2 Å². The predicted octanol–water partition coefficient (Wildman–Crippen LogP) is 4.46. The first-order chi connectivity index (χ1) is 12.8. The molecule has 27 heavy (non-hydrogen) atoms. The Morgan fingerprint density at radius 1 is 1.19 bits per heavy atom. The number of nitrogens with one attached hydrogen (secondary N) is 1. The molecule has 0 saturated carbocycles. The Balaban J connectivity index is 1.98. The number of carbonyl (C=O) groups is 1. The van der Waals surface area contributed by atoms with Gasteiger partial charge in [0.25, 0.3) is 5.91 Å². The summed E-state index contributed by atoms with van der Waals surface area (Å²) in [5.74, 6) is 0.553. The van der Waals surface area contributed by atoms with Crippen molar-refractivity contribution < 1.29 is 19.4 Å². The van der Waals surface area contributed by atoms with E-state index in [0.717, 1.165) is 11.1 Å². The number of phenolic OH excluding ortho intramolecular Hbond substituents is 1. The van der Waals surface area contributed by atoms with Crippen LogP contribution in [-0.4, -0.2) is 30.4 Å². The van der Waals surface area contributed by atoms with Gasteiger partial charge in [0, 0.05) is 10.0 Å². The molecule has 1 amide bonds. The molecule has 0 aliphatic rings. The number of hydrogen-bond donors (Lipinski definition) is 2. The van der Waals surface area contributed by atoms with Crippen molar-refractivity contribution in [1.29, 1.82) is 0 Å². The van der Waals surface area contributed by atoms with Crippen LogP contribution in [0.1, 0.15) is 23.6 Å². The number of aryl methyl sites for hydroxylation is 2. The number of ether oxygens (including phenoxy) is 2. The van der Waals surface area contributed by atoms with Crippen molar-refractivity contribution in [3.05, 3.63) is 49.9 Å². The van der Waals surface area contributed by atoms with Crippen molar-refractivity contribution >= 4 is 44.0 Å². The molecule has 0 bridgehead atoms. The minimum absolute atomic E-state index is 0.00768. The van der Waals surface area contributed by atoms with Gasteiger partial charge < -0.3 is 14.6 Å². The SMILES string of the molecule is CCOc1cc(/C=N/NC(=O)COc2ccc(C)c(C)c2)c(Br)c(Br)c1O. The Labute approximate surface area is 174 Å². The quantitative estimate of drug-likeness (QED) is 0.435. The minimum Gasteiger partial charge on any atom is -0.503 e. The van der Waals surface area contributed by atoms with E-state index in [2.05, 4.69) is 42.4 Å². The number of rotatable bonds is 7. The molecule has 0 heterocycles. The molecule has 2 aromatic rings. The third-order valence-electron chi connectivity index (χ3n) is 3.72. The summed E-state index contributed by atoms with van der Waals surface area (Å²) >= 11 is 6.65. The zero-order valence-corrected chi connectivity index (χ0v) is 18.3. The minimum atomic E-state index is -0.386. The highest BCUT2D eigenvalue weighted by atomic mass is 79.9. The number of carbonyl (C=O) groups excluding carboxylic acids is 1. The van der Waals surface area contributed by atoms with Crippen LogP contribution in [0.2, 0.25) is 0 Å². The van der Waals surface area contributed by atoms with Gasteiger partial charge in [-0.2, -0.15) is 5.10 Å². The first-order valence-electron chi connectivity index (χ1n) is 8.19. The molecule has 2 rings (SSSR count). The van der Waals surface area contributed by atoms with Gasteiger partial charge in [-0.3, -0.25) is 4.79 Å². The van der Waals surface area contributed by atoms with E-state index in [-0.39, 0.29) is 18.3 Å². The van der Waals surface area contributed by atoms with E-state index in [1.807, 2.05) is 39.0 Å². The van der Waals surface area contributed by atoms with Crippen LogP contribution in [0.4, 0.5) is 0 Å². The number of nitrogens with zero attached hydrogens (tertiary/aromatic N) is 1. The van der Waals surface area contributed by atoms with Crippen LogP contribution in [0.15, 0.2) is 38.3 Å². The summed E-state index contributed by atoms with van der Waals surface area (Å²) in [6.07, 6.45) is 1.45. The zero-order valence-electron chi connectivity index (χ0n) is 15.2. The molecule has 0 radical (unpaired) electrons. The summed E-state index contributed by atoms with van der Waals surface area (Å²) in [5.41, 5.74) is 5.29. The number of amides is 1. The molecular weight excluding hydrogens is 480 g/mol. The summed E-state index contributed by atoms with van der Waals surface area (Å²) in [7, 11) is 0. The van der Waals surface area contributed by atoms with Crippen LogP contribution < -0.4 is 14.9 Å². The van der Waals surface area contributed by atoms with Crippen molar-refractivity contribution in [3.63, 3.8) is 0 Å². The fourth-order valence-corrected chi connectivity index (χ4v) is 2.96. The maximum absolute atomic E-state index is 11.9. The summed E-state index contributed by atoms with van der Waals surface area (Å²) in [6.45, 7) is 6.07. The molecule has 0 fully saturated rings. The lowest BCUT2D eigenvalue weighted by Gasteiger charge is -2.11. The molecular formula is C19H20Br2N2O4. The van der Waals surface area contributed by atoms with Gasteiger partial charge in [0.15, 0.2) is 18.1 Å². The Hall–Kier alpha value is -2.06. The molecule has 0 unspecified atom stereocenters. The molecule has 0 saturated heterocycles. The average Bonchev–Trinajstić information content (AvgIpc) is 2.64. The van der Waals surface area contributed by atoms with E-state index in [9.17, 15) is 9.90 Å². The fraction of sp³-hybridized carbons (Fsp3) is 0.263. The lowest BCUT2D eigenvalue weighted by molar-refractivity contribution is -0.123. The first-order valence-corrected chi connectivity index (χ1v) is 9.77. The average molecular weight is 500 g/mol. The third-order valence-corrected chi connectivity index (χ3v) is 5.87. The van der Waals surface area contributed by atoms with Crippen LogP contribution in [0.5, 0.6) is 17.2 Å². The number of hydrazone groups is 1. The van der Waals surface area contributed by atoms with Gasteiger partial charge in [0.05, 0.1) is 17.3 Å². The fourth-order valence-electron chi connectivity index (χ4n) is 2.13. The smallest absolute Gasteiger partial charge is 0.277 e. The third kappa shape index (κ3) is 5.71. The molecule has 2 aromatic carbocycles. The van der Waals surface area contributed by atoms with Gasteiger partial charge in [-0.05, 0) is 82.0 Å². The van der Waals surface area contributed by atoms with E-state index < -0.39 is 0 Å². The summed E-state index contributed by atoms with van der Waals surface area (Å²) < 4.78 is 11.9. The van der Waals surface area contributed by atoms with E-state index in [0.29, 0.717) is 32.6 Å². The Morgan fingerprint density at radius 2 is 1.93 bits per heavy atom. The number of halogens is 2. The van der Waals surface area contributed by atoms with Gasteiger partial charge in [-0.1, -0.05) is 6.07 Å². The summed E-state index contributed by atoms with van der Waals surface area (Å²) in [5, 5.41) is 14.0. The molecule has 0 aromatic heterocycles. The molecule has 144 valence electrons. The second-order valence-corrected chi connectivity index (χ2v) is 7.29. The van der Waals surface area contributed by atoms with Crippen LogP contribution >= 0.6 is 31.9 Å². The number of hydrogen-bond acceptors (Lipinski definition) is 5. The molecule has 0 spiro atoms. The van der Waals surface area contributed by atoms with Gasteiger partial charge in [0.2, 0.25) is 0 Å². The lowest BCUT2D eigenvalue weighted by Crippen LogP contribution is -2.24. The number of aromatic hydroxyl groups is 1. The van der Waals surface area contributed by atoms with Gasteiger partial charge in [-0.15, -0.1) is 0 Å². The summed E-state index contributed by atoms with van der Waals surface area (Å²) in [4.78, 5) is 11.9. The van der Waals surface area contributed by atoms with Crippen molar-refractivity contribution in [2.45, 2.75) is 20.8 Å². The highest BCUT2D eigenvalue weighted by Gasteiger charge is 2.14. The molecule has 0 aliphatic heterocycles. The Bertz CT molecular complexity index is 869. The Morgan fingerprint density at radius 3 is 2.59 bits per heavy atom. The van der Waals surface area contributed by atoms with E-state index in [1.165, 1.54) is 6.21 Å². The standard InChI is InChI=1S/C19H20Br2N2O4/c1-4-26-15-8-13(17(20)18(21)19(15)25)9-22-23-16(24)10-27-14-6-5-11(2)12(3)7-14/h5-9,25H,4,10H2,1-3H3,(H,23,24)/b22-9+. The van der Waals surface area contributed by atoms with Gasteiger partial charge >= 0.3 is 0 Å². The van der Waals surface area contributed by atoms with E-state index in [1.54, 1.807) is 6.07 Å². The van der Waals surface area contributed by atoms with Crippen molar-refractivity contribution in [2.75, 3.05) is 13.2 Å². The predicted molar refractivity (Wildman–Crippen MR) is 112 cm³/mol. The lowest BCUT2D eigenvalue weighted by atomic mass is 10.1. The Kier molecular flexibility index (Phi) is 7.67. The van der Waals surface area contributed by atoms with Crippen molar-refractivity contribution in [3.8, 4) is 17.2 Å². The normalized spacial score (nSPS) is 10.9. The largest absolute Gasteiger partial charge is 0.503 e. The van der Waals surface area contributed by atoms with E-state index in [4.69, 9.17) is 9.47 Å². The highest BCUT2D eigenvalue weighted by Crippen LogP contribution is 2.41.